The number of hydrogen-bond donors (Lipinski definition) is 1. The van der Waals surface area contributed by atoms with E-state index in [9.17, 15) is 9.59 Å². The van der Waals surface area contributed by atoms with Crippen LogP contribution in [0.2, 0.25) is 0 Å². The Morgan fingerprint density at radius 3 is 2.64 bits per heavy atom. The molecule has 0 radical (unpaired) electrons. The number of methoxy groups -OCH3 is 1. The van der Waals surface area contributed by atoms with Crippen LogP contribution in [0.25, 0.3) is 0 Å². The van der Waals surface area contributed by atoms with Crippen LogP contribution in [0.15, 0.2) is 24.3 Å². The van der Waals surface area contributed by atoms with E-state index >= 15 is 0 Å². The molecule has 3 rings (SSSR count). The van der Waals surface area contributed by atoms with E-state index in [2.05, 4.69) is 5.32 Å². The lowest BCUT2D eigenvalue weighted by Crippen LogP contribution is -2.61. The first-order chi connectivity index (χ1) is 12.0. The Labute approximate surface area is 149 Å². The number of carbonyl (C=O) groups excluding carboxylic acids is 2. The minimum Gasteiger partial charge on any atom is -0.383 e. The predicted octanol–water partition coefficient (Wildman–Crippen LogP) is 2.71. The zero-order chi connectivity index (χ0) is 18.0. The summed E-state index contributed by atoms with van der Waals surface area (Å²) in [5.74, 6) is -0.259. The number of hydrogen-bond acceptors (Lipinski definition) is 3. The van der Waals surface area contributed by atoms with Crippen LogP contribution >= 0.6 is 0 Å². The highest BCUT2D eigenvalue weighted by molar-refractivity contribution is 6.02. The molecule has 1 fully saturated rings. The van der Waals surface area contributed by atoms with Gasteiger partial charge >= 0.3 is 0 Å². The number of fused-ring (bicyclic) bond motifs is 1. The van der Waals surface area contributed by atoms with Crippen molar-refractivity contribution in [1.82, 2.24) is 10.2 Å². The zero-order valence-corrected chi connectivity index (χ0v) is 15.4. The Kier molecular flexibility index (Phi) is 5.13. The number of rotatable bonds is 5. The van der Waals surface area contributed by atoms with Crippen LogP contribution < -0.4 is 5.32 Å². The molecule has 1 aliphatic carbocycles. The summed E-state index contributed by atoms with van der Waals surface area (Å²) in [5.41, 5.74) is 1.10. The highest BCUT2D eigenvalue weighted by Crippen LogP contribution is 2.50. The van der Waals surface area contributed by atoms with Gasteiger partial charge in [-0.25, -0.2) is 0 Å². The van der Waals surface area contributed by atoms with Crippen LogP contribution in [0.5, 0.6) is 0 Å². The minimum absolute atomic E-state index is 0.0271. The van der Waals surface area contributed by atoms with Crippen molar-refractivity contribution in [1.29, 1.82) is 0 Å². The van der Waals surface area contributed by atoms with Gasteiger partial charge in [-0.05, 0) is 38.3 Å². The Bertz CT molecular complexity index is 650. The average Bonchev–Trinajstić information content (AvgIpc) is 3.04. The monoisotopic (exact) mass is 344 g/mol. The summed E-state index contributed by atoms with van der Waals surface area (Å²) >= 11 is 0. The Balaban J connectivity index is 2.11. The Hall–Kier alpha value is -1.88. The molecule has 1 spiro atoms. The second-order valence-electron chi connectivity index (χ2n) is 7.44. The molecule has 5 heteroatoms. The van der Waals surface area contributed by atoms with Gasteiger partial charge in [-0.3, -0.25) is 9.59 Å². The number of nitrogens with one attached hydrogen (secondary N) is 1. The topological polar surface area (TPSA) is 58.6 Å². The second kappa shape index (κ2) is 7.16. The van der Waals surface area contributed by atoms with Crippen molar-refractivity contribution in [3.63, 3.8) is 0 Å². The highest BCUT2D eigenvalue weighted by Gasteiger charge is 2.55. The van der Waals surface area contributed by atoms with Gasteiger partial charge in [-0.15, -0.1) is 0 Å². The van der Waals surface area contributed by atoms with Crippen molar-refractivity contribution in [3.05, 3.63) is 35.4 Å². The summed E-state index contributed by atoms with van der Waals surface area (Å²) < 4.78 is 5.25. The Morgan fingerprint density at radius 2 is 2.00 bits per heavy atom. The summed E-state index contributed by atoms with van der Waals surface area (Å²) in [4.78, 5) is 28.3. The third-order valence-corrected chi connectivity index (χ3v) is 5.50. The van der Waals surface area contributed by atoms with E-state index in [4.69, 9.17) is 4.74 Å². The van der Waals surface area contributed by atoms with E-state index in [0.29, 0.717) is 18.7 Å². The highest BCUT2D eigenvalue weighted by atomic mass is 16.5. The first-order valence-electron chi connectivity index (χ1n) is 9.21. The van der Waals surface area contributed by atoms with E-state index < -0.39 is 5.54 Å². The molecule has 2 aliphatic rings. The number of ether oxygens (including phenoxy) is 1. The molecule has 1 aromatic carbocycles. The fraction of sp³-hybridized carbons (Fsp3) is 0.600. The second-order valence-corrected chi connectivity index (χ2v) is 7.44. The molecule has 0 saturated heterocycles. The van der Waals surface area contributed by atoms with Gasteiger partial charge in [0.2, 0.25) is 5.91 Å². The lowest BCUT2D eigenvalue weighted by Gasteiger charge is -2.50. The first-order valence-corrected chi connectivity index (χ1v) is 9.21. The van der Waals surface area contributed by atoms with Crippen LogP contribution in [-0.2, 0) is 9.53 Å². The molecule has 1 N–H and O–H groups in total. The van der Waals surface area contributed by atoms with Crippen molar-refractivity contribution in [2.45, 2.75) is 57.0 Å². The van der Waals surface area contributed by atoms with Gasteiger partial charge in [0, 0.05) is 25.3 Å². The lowest BCUT2D eigenvalue weighted by atomic mass is 9.71. The van der Waals surface area contributed by atoms with Gasteiger partial charge in [0.05, 0.1) is 18.1 Å². The third-order valence-electron chi connectivity index (χ3n) is 5.50. The molecule has 0 aromatic heterocycles. The van der Waals surface area contributed by atoms with Crippen LogP contribution in [0.4, 0.5) is 0 Å². The SMILES string of the molecule is COCCN1C(=O)c2ccccc2[C@H](C(=O)NC(C)C)C12CCCC2. The molecular formula is C20H28N2O3. The van der Waals surface area contributed by atoms with Gasteiger partial charge in [0.15, 0.2) is 0 Å². The maximum Gasteiger partial charge on any atom is 0.254 e. The largest absolute Gasteiger partial charge is 0.383 e. The van der Waals surface area contributed by atoms with E-state index in [1.165, 1.54) is 0 Å². The molecule has 2 amide bonds. The third kappa shape index (κ3) is 3.06. The van der Waals surface area contributed by atoms with E-state index in [0.717, 1.165) is 31.2 Å². The molecule has 136 valence electrons. The minimum atomic E-state index is -0.428. The summed E-state index contributed by atoms with van der Waals surface area (Å²) in [6, 6.07) is 7.66. The van der Waals surface area contributed by atoms with Crippen molar-refractivity contribution in [2.75, 3.05) is 20.3 Å². The van der Waals surface area contributed by atoms with Crippen molar-refractivity contribution in [2.24, 2.45) is 0 Å². The van der Waals surface area contributed by atoms with Crippen molar-refractivity contribution < 1.29 is 14.3 Å². The summed E-state index contributed by atoms with van der Waals surface area (Å²) in [7, 11) is 1.65. The van der Waals surface area contributed by atoms with Crippen LogP contribution in [0.1, 0.15) is 61.4 Å². The molecule has 1 aromatic rings. The molecule has 1 heterocycles. The van der Waals surface area contributed by atoms with Crippen molar-refractivity contribution in [3.8, 4) is 0 Å². The number of nitrogens with zero attached hydrogens (tertiary/aromatic N) is 1. The lowest BCUT2D eigenvalue weighted by molar-refractivity contribution is -0.127. The molecule has 1 aliphatic heterocycles. The van der Waals surface area contributed by atoms with E-state index in [1.807, 2.05) is 43.0 Å². The average molecular weight is 344 g/mol. The number of carbonyl (C=O) groups is 2. The number of benzene rings is 1. The van der Waals surface area contributed by atoms with Gasteiger partial charge in [0.1, 0.15) is 0 Å². The normalized spacial score (nSPS) is 21.7. The number of amides is 2. The van der Waals surface area contributed by atoms with Crippen molar-refractivity contribution >= 4 is 11.8 Å². The first kappa shape index (κ1) is 17.9. The fourth-order valence-corrected chi connectivity index (χ4v) is 4.54. The fourth-order valence-electron chi connectivity index (χ4n) is 4.54. The molecule has 5 nitrogen and oxygen atoms in total. The summed E-state index contributed by atoms with van der Waals surface area (Å²) in [5, 5.41) is 3.09. The molecule has 25 heavy (non-hydrogen) atoms. The molecule has 1 atom stereocenters. The maximum absolute atomic E-state index is 13.2. The molecule has 0 bridgehead atoms. The van der Waals surface area contributed by atoms with Crippen LogP contribution in [0, 0.1) is 0 Å². The van der Waals surface area contributed by atoms with Gasteiger partial charge < -0.3 is 15.0 Å². The van der Waals surface area contributed by atoms with Gasteiger partial charge in [-0.1, -0.05) is 31.0 Å². The smallest absolute Gasteiger partial charge is 0.254 e. The molecule has 1 saturated carbocycles. The zero-order valence-electron chi connectivity index (χ0n) is 15.4. The quantitative estimate of drug-likeness (QED) is 0.893. The van der Waals surface area contributed by atoms with Gasteiger partial charge in [-0.2, -0.15) is 0 Å². The molecular weight excluding hydrogens is 316 g/mol. The summed E-state index contributed by atoms with van der Waals surface area (Å²) in [6.07, 6.45) is 3.83. The van der Waals surface area contributed by atoms with Crippen LogP contribution in [0.3, 0.4) is 0 Å². The standard InChI is InChI=1S/C20H28N2O3/c1-14(2)21-18(23)17-15-8-4-5-9-16(15)19(24)22(12-13-25-3)20(17)10-6-7-11-20/h4-5,8-9,14,17H,6-7,10-13H2,1-3H3,(H,21,23)/t17-/m1/s1. The van der Waals surface area contributed by atoms with Gasteiger partial charge in [0.25, 0.3) is 5.91 Å². The Morgan fingerprint density at radius 1 is 1.32 bits per heavy atom. The van der Waals surface area contributed by atoms with E-state index in [-0.39, 0.29) is 23.8 Å². The predicted molar refractivity (Wildman–Crippen MR) is 96.6 cm³/mol. The maximum atomic E-state index is 13.2. The summed E-state index contributed by atoms with van der Waals surface area (Å²) in [6.45, 7) is 4.95. The molecule has 0 unspecified atom stereocenters. The van der Waals surface area contributed by atoms with Crippen LogP contribution in [-0.4, -0.2) is 48.6 Å². The van der Waals surface area contributed by atoms with E-state index in [1.54, 1.807) is 7.11 Å².